The molecule has 3 atom stereocenters. The van der Waals surface area contributed by atoms with Crippen molar-refractivity contribution >= 4 is 52.1 Å². The normalized spacial score (nSPS) is 22.1. The molecule has 166 valence electrons. The number of hydrogen-bond donors (Lipinski definition) is 0. The van der Waals surface area contributed by atoms with E-state index in [2.05, 4.69) is 0 Å². The van der Waals surface area contributed by atoms with E-state index in [-0.39, 0.29) is 10.7 Å². The molecule has 0 spiro atoms. The summed E-state index contributed by atoms with van der Waals surface area (Å²) in [5.41, 5.74) is 1.08. The van der Waals surface area contributed by atoms with Crippen LogP contribution in [0.4, 0.5) is 17.1 Å². The van der Waals surface area contributed by atoms with Crippen LogP contribution < -0.4 is 9.96 Å². The number of nitrogens with zero attached hydrogens (tertiary/aromatic N) is 3. The summed E-state index contributed by atoms with van der Waals surface area (Å²) in [5, 5.41) is 13.5. The summed E-state index contributed by atoms with van der Waals surface area (Å²) in [4.78, 5) is 44.8. The van der Waals surface area contributed by atoms with Crippen molar-refractivity contribution in [3.8, 4) is 0 Å². The largest absolute Gasteiger partial charge is 0.273 e. The van der Waals surface area contributed by atoms with E-state index in [1.54, 1.807) is 48.5 Å². The number of fused-ring (bicyclic) bond motifs is 1. The third-order valence-electron chi connectivity index (χ3n) is 5.72. The number of carbonyl (C=O) groups excluding carboxylic acids is 2. The number of hydroxylamine groups is 1. The van der Waals surface area contributed by atoms with Gasteiger partial charge in [-0.25, -0.2) is 9.96 Å². The summed E-state index contributed by atoms with van der Waals surface area (Å²) in [7, 11) is 0. The maximum Gasteiger partial charge on any atom is 0.269 e. The molecule has 10 heteroatoms. The third-order valence-corrected chi connectivity index (χ3v) is 6.32. The molecule has 0 aromatic heterocycles. The number of hydrogen-bond acceptors (Lipinski definition) is 6. The van der Waals surface area contributed by atoms with Crippen LogP contribution in [-0.4, -0.2) is 22.8 Å². The highest BCUT2D eigenvalue weighted by atomic mass is 35.5. The Balaban J connectivity index is 1.63. The van der Waals surface area contributed by atoms with Gasteiger partial charge in [0.2, 0.25) is 5.91 Å². The molecule has 2 aliphatic rings. The summed E-state index contributed by atoms with van der Waals surface area (Å²) in [5.74, 6) is -1.98. The van der Waals surface area contributed by atoms with Crippen molar-refractivity contribution in [2.24, 2.45) is 5.92 Å². The van der Waals surface area contributed by atoms with Gasteiger partial charge in [0.25, 0.3) is 11.6 Å². The molecule has 2 fully saturated rings. The molecule has 0 saturated carbocycles. The standard InChI is InChI=1S/C23H15Cl2N3O5/c24-13-6-8-14(9-7-13)26-22(29)19-20(17-12-16(28(31)32)10-11-18(17)25)27(33-21(19)23(26)30)15-4-2-1-3-5-15/h1-12,19-21H/t19-,20+,21+/m0/s1. The minimum atomic E-state index is -1.12. The van der Waals surface area contributed by atoms with Crippen molar-refractivity contribution in [1.29, 1.82) is 0 Å². The van der Waals surface area contributed by atoms with E-state index in [0.29, 0.717) is 22.0 Å². The molecule has 0 radical (unpaired) electrons. The summed E-state index contributed by atoms with van der Waals surface area (Å²) in [6.07, 6.45) is -1.12. The topological polar surface area (TPSA) is 93.0 Å². The van der Waals surface area contributed by atoms with Crippen molar-refractivity contribution in [3.63, 3.8) is 0 Å². The second kappa shape index (κ2) is 8.15. The highest BCUT2D eigenvalue weighted by Gasteiger charge is 2.60. The third kappa shape index (κ3) is 3.52. The SMILES string of the molecule is O=C1[C@H]2[C@@H](c3cc([N+](=O)[O-])ccc3Cl)N(c3ccccc3)O[C@H]2C(=O)N1c1ccc(Cl)cc1. The number of nitro groups is 1. The maximum absolute atomic E-state index is 13.6. The molecular weight excluding hydrogens is 469 g/mol. The van der Waals surface area contributed by atoms with Crippen LogP contribution in [0.2, 0.25) is 10.0 Å². The van der Waals surface area contributed by atoms with E-state index in [9.17, 15) is 19.7 Å². The Bertz CT molecular complexity index is 1270. The van der Waals surface area contributed by atoms with Crippen molar-refractivity contribution in [1.82, 2.24) is 0 Å². The molecule has 8 nitrogen and oxygen atoms in total. The number of rotatable bonds is 4. The lowest BCUT2D eigenvalue weighted by molar-refractivity contribution is -0.384. The molecule has 0 bridgehead atoms. The molecule has 5 rings (SSSR count). The molecular formula is C23H15Cl2N3O5. The Morgan fingerprint density at radius 2 is 1.58 bits per heavy atom. The van der Waals surface area contributed by atoms with E-state index in [4.69, 9.17) is 28.0 Å². The van der Waals surface area contributed by atoms with Crippen LogP contribution in [0, 0.1) is 16.0 Å². The van der Waals surface area contributed by atoms with Gasteiger partial charge in [-0.15, -0.1) is 0 Å². The zero-order valence-corrected chi connectivity index (χ0v) is 18.3. The zero-order chi connectivity index (χ0) is 23.3. The van der Waals surface area contributed by atoms with Crippen LogP contribution in [0.15, 0.2) is 72.8 Å². The van der Waals surface area contributed by atoms with Gasteiger partial charge in [-0.1, -0.05) is 41.4 Å². The lowest BCUT2D eigenvalue weighted by Crippen LogP contribution is -2.37. The molecule has 3 aromatic rings. The van der Waals surface area contributed by atoms with Crippen molar-refractivity contribution in [2.75, 3.05) is 9.96 Å². The zero-order valence-electron chi connectivity index (χ0n) is 16.8. The van der Waals surface area contributed by atoms with Crippen molar-refractivity contribution < 1.29 is 19.3 Å². The number of benzene rings is 3. The minimum absolute atomic E-state index is 0.183. The van der Waals surface area contributed by atoms with Crippen LogP contribution >= 0.6 is 23.2 Å². The average molecular weight is 484 g/mol. The van der Waals surface area contributed by atoms with Crippen LogP contribution in [0.5, 0.6) is 0 Å². The number of anilines is 2. The molecule has 2 saturated heterocycles. The quantitative estimate of drug-likeness (QED) is 0.296. The monoisotopic (exact) mass is 483 g/mol. The first kappa shape index (κ1) is 21.4. The summed E-state index contributed by atoms with van der Waals surface area (Å²) >= 11 is 12.4. The van der Waals surface area contributed by atoms with Gasteiger partial charge in [0.15, 0.2) is 6.10 Å². The van der Waals surface area contributed by atoms with E-state index in [0.717, 1.165) is 4.90 Å². The molecule has 2 amide bonds. The first-order valence-electron chi connectivity index (χ1n) is 9.95. The summed E-state index contributed by atoms with van der Waals surface area (Å²) < 4.78 is 0. The van der Waals surface area contributed by atoms with Crippen LogP contribution in [0.3, 0.4) is 0 Å². The van der Waals surface area contributed by atoms with Crippen molar-refractivity contribution in [2.45, 2.75) is 12.1 Å². The number of amides is 2. The van der Waals surface area contributed by atoms with Gasteiger partial charge in [0.05, 0.1) is 22.3 Å². The lowest BCUT2D eigenvalue weighted by atomic mass is 9.90. The number of para-hydroxylation sites is 1. The Hall–Kier alpha value is -3.46. The fraction of sp³-hybridized carbons (Fsp3) is 0.130. The Kier molecular flexibility index (Phi) is 5.28. The molecule has 2 aliphatic heterocycles. The predicted octanol–water partition coefficient (Wildman–Crippen LogP) is 4.95. The number of carbonyl (C=O) groups is 2. The van der Waals surface area contributed by atoms with Gasteiger partial charge in [-0.3, -0.25) is 24.5 Å². The Morgan fingerprint density at radius 3 is 2.24 bits per heavy atom. The van der Waals surface area contributed by atoms with Gasteiger partial charge in [-0.05, 0) is 42.5 Å². The van der Waals surface area contributed by atoms with E-state index in [1.807, 2.05) is 6.07 Å². The summed E-state index contributed by atoms with van der Waals surface area (Å²) in [6, 6.07) is 18.3. The smallest absolute Gasteiger partial charge is 0.269 e. The molecule has 0 N–H and O–H groups in total. The highest BCUT2D eigenvalue weighted by molar-refractivity contribution is 6.32. The number of non-ortho nitro benzene ring substituents is 1. The maximum atomic E-state index is 13.6. The fourth-order valence-corrected chi connectivity index (χ4v) is 4.60. The minimum Gasteiger partial charge on any atom is -0.273 e. The first-order chi connectivity index (χ1) is 15.9. The van der Waals surface area contributed by atoms with Crippen LogP contribution in [0.25, 0.3) is 0 Å². The molecule has 33 heavy (non-hydrogen) atoms. The summed E-state index contributed by atoms with van der Waals surface area (Å²) in [6.45, 7) is 0. The van der Waals surface area contributed by atoms with Gasteiger partial charge >= 0.3 is 0 Å². The van der Waals surface area contributed by atoms with Gasteiger partial charge < -0.3 is 0 Å². The lowest BCUT2D eigenvalue weighted by Gasteiger charge is -2.29. The second-order valence-electron chi connectivity index (χ2n) is 7.61. The number of nitro benzene ring substituents is 1. The molecule has 0 aliphatic carbocycles. The molecule has 2 heterocycles. The van der Waals surface area contributed by atoms with Gasteiger partial charge in [0.1, 0.15) is 5.92 Å². The highest BCUT2D eigenvalue weighted by Crippen LogP contribution is 2.49. The average Bonchev–Trinajstić information content (AvgIpc) is 3.31. The number of imide groups is 1. The van der Waals surface area contributed by atoms with E-state index < -0.39 is 34.8 Å². The molecule has 0 unspecified atom stereocenters. The van der Waals surface area contributed by atoms with Crippen LogP contribution in [-0.2, 0) is 14.4 Å². The first-order valence-corrected chi connectivity index (χ1v) is 10.7. The van der Waals surface area contributed by atoms with Crippen molar-refractivity contribution in [3.05, 3.63) is 98.5 Å². The Morgan fingerprint density at radius 1 is 0.879 bits per heavy atom. The van der Waals surface area contributed by atoms with Gasteiger partial charge in [0, 0.05) is 27.7 Å². The molecule has 3 aromatic carbocycles. The fourth-order valence-electron chi connectivity index (χ4n) is 4.25. The second-order valence-corrected chi connectivity index (χ2v) is 8.45. The van der Waals surface area contributed by atoms with Crippen LogP contribution in [0.1, 0.15) is 11.6 Å². The predicted molar refractivity (Wildman–Crippen MR) is 122 cm³/mol. The Labute approximate surface area is 198 Å². The van der Waals surface area contributed by atoms with E-state index >= 15 is 0 Å². The van der Waals surface area contributed by atoms with E-state index in [1.165, 1.54) is 23.3 Å². The van der Waals surface area contributed by atoms with Gasteiger partial charge in [-0.2, -0.15) is 0 Å². The number of halogens is 2.